The molecule has 0 aliphatic heterocycles. The Balaban J connectivity index is 1.92. The highest BCUT2D eigenvalue weighted by Gasteiger charge is 2.41. The van der Waals surface area contributed by atoms with Crippen LogP contribution in [0.15, 0.2) is 6.07 Å². The van der Waals surface area contributed by atoms with Crippen molar-refractivity contribution in [3.63, 3.8) is 0 Å². The molecule has 0 atom stereocenters. The van der Waals surface area contributed by atoms with Crippen molar-refractivity contribution in [2.45, 2.75) is 33.1 Å². The average molecular weight is 265 g/mol. The molecule has 0 aromatic carbocycles. The fourth-order valence-corrected chi connectivity index (χ4v) is 2.12. The summed E-state index contributed by atoms with van der Waals surface area (Å²) in [5, 5.41) is 3.34. The first-order chi connectivity index (χ1) is 9.17. The third kappa shape index (κ3) is 4.06. The number of rotatable bonds is 8. The number of anilines is 1. The zero-order valence-corrected chi connectivity index (χ0v) is 12.0. The molecule has 0 amide bonds. The van der Waals surface area contributed by atoms with Crippen LogP contribution in [0.2, 0.25) is 0 Å². The fourth-order valence-electron chi connectivity index (χ4n) is 2.12. The Morgan fingerprint density at radius 1 is 1.37 bits per heavy atom. The van der Waals surface area contributed by atoms with E-state index in [9.17, 15) is 0 Å². The molecule has 0 unspecified atom stereocenters. The van der Waals surface area contributed by atoms with E-state index in [0.717, 1.165) is 25.3 Å². The van der Waals surface area contributed by atoms with E-state index in [-0.39, 0.29) is 0 Å². The maximum atomic E-state index is 5.43. The lowest BCUT2D eigenvalue weighted by Gasteiger charge is -2.16. The van der Waals surface area contributed by atoms with Crippen molar-refractivity contribution in [2.24, 2.45) is 5.41 Å². The molecule has 1 aliphatic rings. The number of nitrogens with one attached hydrogen (secondary N) is 1. The summed E-state index contributed by atoms with van der Waals surface area (Å²) in [6, 6.07) is 1.85. The van der Waals surface area contributed by atoms with Gasteiger partial charge < -0.3 is 14.8 Å². The summed E-state index contributed by atoms with van der Waals surface area (Å²) >= 11 is 0. The molecule has 5 heteroatoms. The molecule has 1 heterocycles. The number of nitrogens with zero attached hydrogens (tertiary/aromatic N) is 2. The topological polar surface area (TPSA) is 56.3 Å². The summed E-state index contributed by atoms with van der Waals surface area (Å²) < 4.78 is 10.6. The number of ether oxygens (including phenoxy) is 2. The predicted octanol–water partition coefficient (Wildman–Crippen LogP) is 2.41. The van der Waals surface area contributed by atoms with Gasteiger partial charge in [0.05, 0.1) is 6.61 Å². The average Bonchev–Trinajstić information content (AvgIpc) is 3.15. The molecule has 106 valence electrons. The monoisotopic (exact) mass is 265 g/mol. The normalized spacial score (nSPS) is 16.2. The van der Waals surface area contributed by atoms with Gasteiger partial charge in [-0.25, -0.2) is 4.98 Å². The second-order valence-electron chi connectivity index (χ2n) is 5.20. The molecule has 1 fully saturated rings. The van der Waals surface area contributed by atoms with E-state index < -0.39 is 0 Å². The second-order valence-corrected chi connectivity index (χ2v) is 5.20. The third-order valence-corrected chi connectivity index (χ3v) is 3.54. The smallest absolute Gasteiger partial charge is 0.226 e. The van der Waals surface area contributed by atoms with E-state index in [1.54, 1.807) is 7.11 Å². The van der Waals surface area contributed by atoms with Crippen LogP contribution in [0.1, 0.15) is 31.9 Å². The molecule has 1 aromatic heterocycles. The quantitative estimate of drug-likeness (QED) is 0.782. The van der Waals surface area contributed by atoms with E-state index in [1.807, 2.05) is 19.9 Å². The lowest BCUT2D eigenvalue weighted by Crippen LogP contribution is -2.18. The largest absolute Gasteiger partial charge is 0.478 e. The van der Waals surface area contributed by atoms with Crippen LogP contribution in [0.25, 0.3) is 0 Å². The Labute approximate surface area is 114 Å². The van der Waals surface area contributed by atoms with Gasteiger partial charge >= 0.3 is 0 Å². The van der Waals surface area contributed by atoms with Gasteiger partial charge in [-0.3, -0.25) is 0 Å². The second kappa shape index (κ2) is 6.19. The van der Waals surface area contributed by atoms with E-state index in [1.165, 1.54) is 12.8 Å². The van der Waals surface area contributed by atoms with E-state index in [4.69, 9.17) is 9.47 Å². The van der Waals surface area contributed by atoms with Crippen molar-refractivity contribution in [1.29, 1.82) is 0 Å². The molecule has 1 aliphatic carbocycles. The van der Waals surface area contributed by atoms with E-state index >= 15 is 0 Å². The zero-order chi connectivity index (χ0) is 13.7. The number of hydrogen-bond acceptors (Lipinski definition) is 5. The predicted molar refractivity (Wildman–Crippen MR) is 74.6 cm³/mol. The van der Waals surface area contributed by atoms with Gasteiger partial charge in [0.2, 0.25) is 11.8 Å². The van der Waals surface area contributed by atoms with Crippen LogP contribution in [0, 0.1) is 12.3 Å². The van der Waals surface area contributed by atoms with Gasteiger partial charge in [0.25, 0.3) is 0 Å². The van der Waals surface area contributed by atoms with Crippen LogP contribution in [0.5, 0.6) is 5.88 Å². The Kier molecular flexibility index (Phi) is 4.58. The molecular formula is C14H23N3O2. The fraction of sp³-hybridized carbons (Fsp3) is 0.714. The number of hydrogen-bond donors (Lipinski definition) is 1. The van der Waals surface area contributed by atoms with Crippen molar-refractivity contribution < 1.29 is 9.47 Å². The minimum absolute atomic E-state index is 0.384. The lowest BCUT2D eigenvalue weighted by atomic mass is 10.0. The van der Waals surface area contributed by atoms with Crippen LogP contribution >= 0.6 is 0 Å². The number of methoxy groups -OCH3 is 1. The number of aromatic nitrogens is 2. The first-order valence-electron chi connectivity index (χ1n) is 6.89. The van der Waals surface area contributed by atoms with Crippen LogP contribution in [-0.4, -0.2) is 36.8 Å². The summed E-state index contributed by atoms with van der Waals surface area (Å²) in [7, 11) is 1.75. The van der Waals surface area contributed by atoms with Crippen molar-refractivity contribution in [2.75, 3.05) is 32.2 Å². The Morgan fingerprint density at radius 2 is 2.16 bits per heavy atom. The lowest BCUT2D eigenvalue weighted by molar-refractivity contribution is 0.174. The van der Waals surface area contributed by atoms with E-state index in [0.29, 0.717) is 23.9 Å². The van der Waals surface area contributed by atoms with Gasteiger partial charge in [-0.2, -0.15) is 4.98 Å². The molecular weight excluding hydrogens is 242 g/mol. The standard InChI is InChI=1S/C14H23N3O2/c1-4-19-12-9-11(2)16-13(17-12)15-10-14(5-6-14)7-8-18-3/h9H,4-8,10H2,1-3H3,(H,15,16,17). The molecule has 1 aromatic rings. The van der Waals surface area contributed by atoms with Crippen LogP contribution < -0.4 is 10.1 Å². The van der Waals surface area contributed by atoms with Gasteiger partial charge in [-0.05, 0) is 38.5 Å². The molecule has 2 rings (SSSR count). The van der Waals surface area contributed by atoms with Gasteiger partial charge in [-0.1, -0.05) is 0 Å². The van der Waals surface area contributed by atoms with Crippen molar-refractivity contribution >= 4 is 5.95 Å². The highest BCUT2D eigenvalue weighted by Crippen LogP contribution is 2.48. The minimum atomic E-state index is 0.384. The maximum absolute atomic E-state index is 5.43. The molecule has 0 saturated heterocycles. The molecule has 0 spiro atoms. The number of aryl methyl sites for hydroxylation is 1. The van der Waals surface area contributed by atoms with E-state index in [2.05, 4.69) is 15.3 Å². The van der Waals surface area contributed by atoms with Gasteiger partial charge in [0, 0.05) is 32.0 Å². The van der Waals surface area contributed by atoms with Crippen molar-refractivity contribution in [1.82, 2.24) is 9.97 Å². The van der Waals surface area contributed by atoms with Crippen LogP contribution in [0.3, 0.4) is 0 Å². The Hall–Kier alpha value is -1.36. The highest BCUT2D eigenvalue weighted by atomic mass is 16.5. The van der Waals surface area contributed by atoms with Crippen molar-refractivity contribution in [3.8, 4) is 5.88 Å². The minimum Gasteiger partial charge on any atom is -0.478 e. The summed E-state index contributed by atoms with van der Waals surface area (Å²) in [6.07, 6.45) is 3.61. The molecule has 5 nitrogen and oxygen atoms in total. The zero-order valence-electron chi connectivity index (χ0n) is 12.0. The molecule has 1 saturated carbocycles. The van der Waals surface area contributed by atoms with Crippen molar-refractivity contribution in [3.05, 3.63) is 11.8 Å². The van der Waals surface area contributed by atoms with Gasteiger partial charge in [0.15, 0.2) is 0 Å². The summed E-state index contributed by atoms with van der Waals surface area (Å²) in [5.41, 5.74) is 1.30. The van der Waals surface area contributed by atoms with Crippen LogP contribution in [-0.2, 0) is 4.74 Å². The first-order valence-corrected chi connectivity index (χ1v) is 6.89. The summed E-state index contributed by atoms with van der Waals surface area (Å²) in [6.45, 7) is 6.25. The summed E-state index contributed by atoms with van der Waals surface area (Å²) in [4.78, 5) is 8.75. The molecule has 0 radical (unpaired) electrons. The SMILES string of the molecule is CCOc1cc(C)nc(NCC2(CCOC)CC2)n1. The Bertz CT molecular complexity index is 419. The van der Waals surface area contributed by atoms with Gasteiger partial charge in [-0.15, -0.1) is 0 Å². The Morgan fingerprint density at radius 3 is 2.79 bits per heavy atom. The third-order valence-electron chi connectivity index (χ3n) is 3.54. The highest BCUT2D eigenvalue weighted by molar-refractivity contribution is 5.31. The molecule has 0 bridgehead atoms. The maximum Gasteiger partial charge on any atom is 0.226 e. The first kappa shape index (κ1) is 14.1. The summed E-state index contributed by atoms with van der Waals surface area (Å²) in [5.74, 6) is 1.30. The van der Waals surface area contributed by atoms with Gasteiger partial charge in [0.1, 0.15) is 0 Å². The molecule has 19 heavy (non-hydrogen) atoms. The van der Waals surface area contributed by atoms with Crippen LogP contribution in [0.4, 0.5) is 5.95 Å². The molecule has 1 N–H and O–H groups in total.